The third-order valence-corrected chi connectivity index (χ3v) is 6.11. The third kappa shape index (κ3) is 5.55. The van der Waals surface area contributed by atoms with E-state index in [1.165, 1.54) is 34.6 Å². The number of hydrazine groups is 1. The van der Waals surface area contributed by atoms with Crippen LogP contribution >= 0.6 is 0 Å². The highest BCUT2D eigenvalue weighted by Crippen LogP contribution is 2.17. The highest BCUT2D eigenvalue weighted by molar-refractivity contribution is 7.89. The van der Waals surface area contributed by atoms with Crippen LogP contribution in [-0.4, -0.2) is 37.6 Å². The first-order valence-electron chi connectivity index (χ1n) is 9.36. The van der Waals surface area contributed by atoms with Crippen LogP contribution in [0, 0.1) is 0 Å². The van der Waals surface area contributed by atoms with Crippen molar-refractivity contribution >= 4 is 27.5 Å². The predicted octanol–water partition coefficient (Wildman–Crippen LogP) is 2.15. The van der Waals surface area contributed by atoms with Crippen molar-refractivity contribution in [2.24, 2.45) is 0 Å². The molecule has 0 aliphatic rings. The van der Waals surface area contributed by atoms with E-state index in [1.807, 2.05) is 13.8 Å². The molecule has 0 bridgehead atoms. The zero-order valence-electron chi connectivity index (χ0n) is 16.5. The first-order valence-corrected chi connectivity index (χ1v) is 10.8. The molecule has 0 atom stereocenters. The minimum Gasteiger partial charge on any atom is -0.398 e. The van der Waals surface area contributed by atoms with Crippen LogP contribution in [0.3, 0.4) is 0 Å². The summed E-state index contributed by atoms with van der Waals surface area (Å²) < 4.78 is 26.9. The smallest absolute Gasteiger partial charge is 0.271 e. The summed E-state index contributed by atoms with van der Waals surface area (Å²) in [5.74, 6) is -1.12. The molecule has 29 heavy (non-hydrogen) atoms. The van der Waals surface area contributed by atoms with Gasteiger partial charge in [0.1, 0.15) is 0 Å². The molecule has 4 N–H and O–H groups in total. The highest BCUT2D eigenvalue weighted by Gasteiger charge is 2.23. The lowest BCUT2D eigenvalue weighted by Gasteiger charge is -2.21. The van der Waals surface area contributed by atoms with Crippen LogP contribution in [0.4, 0.5) is 5.69 Å². The lowest BCUT2D eigenvalue weighted by Crippen LogP contribution is -2.41. The molecule has 0 unspecified atom stereocenters. The number of sulfonamides is 1. The average molecular weight is 419 g/mol. The standard InChI is InChI=1S/C20H26N4O4S/c1-3-13-24(14-4-2)29(27,28)16-11-9-15(10-12-16)19(25)22-23-20(26)17-7-5-6-8-18(17)21/h5-12H,3-4,13-14,21H2,1-2H3,(H,22,25)(H,23,26). The topological polar surface area (TPSA) is 122 Å². The van der Waals surface area contributed by atoms with Crippen LogP contribution < -0.4 is 16.6 Å². The van der Waals surface area contributed by atoms with Crippen LogP contribution in [0.15, 0.2) is 53.4 Å². The summed E-state index contributed by atoms with van der Waals surface area (Å²) >= 11 is 0. The van der Waals surface area contributed by atoms with Crippen molar-refractivity contribution in [3.8, 4) is 0 Å². The lowest BCUT2D eigenvalue weighted by atomic mass is 10.2. The average Bonchev–Trinajstić information content (AvgIpc) is 2.72. The van der Waals surface area contributed by atoms with E-state index in [1.54, 1.807) is 18.2 Å². The van der Waals surface area contributed by atoms with E-state index in [9.17, 15) is 18.0 Å². The molecule has 0 aromatic heterocycles. The highest BCUT2D eigenvalue weighted by atomic mass is 32.2. The molecular formula is C20H26N4O4S. The molecule has 0 heterocycles. The maximum Gasteiger partial charge on any atom is 0.271 e. The molecular weight excluding hydrogens is 392 g/mol. The summed E-state index contributed by atoms with van der Waals surface area (Å²) in [6.07, 6.45) is 1.43. The maximum absolute atomic E-state index is 12.8. The van der Waals surface area contributed by atoms with Gasteiger partial charge in [0.25, 0.3) is 11.8 Å². The number of nitrogen functional groups attached to an aromatic ring is 1. The van der Waals surface area contributed by atoms with Crippen molar-refractivity contribution in [2.45, 2.75) is 31.6 Å². The van der Waals surface area contributed by atoms with Crippen LogP contribution in [0.2, 0.25) is 0 Å². The number of hydrogen-bond acceptors (Lipinski definition) is 5. The molecule has 0 fully saturated rings. The first kappa shape index (κ1) is 22.4. The van der Waals surface area contributed by atoms with Gasteiger partial charge in [0, 0.05) is 24.3 Å². The molecule has 0 aliphatic heterocycles. The summed E-state index contributed by atoms with van der Waals surface area (Å²) in [6.45, 7) is 4.71. The molecule has 2 aromatic carbocycles. The van der Waals surface area contributed by atoms with Crippen LogP contribution in [0.25, 0.3) is 0 Å². The predicted molar refractivity (Wildman–Crippen MR) is 112 cm³/mol. The number of nitrogens with one attached hydrogen (secondary N) is 2. The quantitative estimate of drug-likeness (QED) is 0.448. The molecule has 0 saturated heterocycles. The van der Waals surface area contributed by atoms with Crippen molar-refractivity contribution in [1.82, 2.24) is 15.2 Å². The fourth-order valence-electron chi connectivity index (χ4n) is 2.74. The SMILES string of the molecule is CCCN(CCC)S(=O)(=O)c1ccc(C(=O)NNC(=O)c2ccccc2N)cc1. The Morgan fingerprint density at radius 3 is 2.00 bits per heavy atom. The van der Waals surface area contributed by atoms with E-state index >= 15 is 0 Å². The Morgan fingerprint density at radius 2 is 1.45 bits per heavy atom. The molecule has 0 saturated carbocycles. The zero-order chi connectivity index (χ0) is 21.4. The van der Waals surface area contributed by atoms with Crippen LogP contribution in [-0.2, 0) is 10.0 Å². The number of para-hydroxylation sites is 1. The Labute approximate surface area is 171 Å². The van der Waals surface area contributed by atoms with E-state index in [2.05, 4.69) is 10.9 Å². The number of rotatable bonds is 8. The Balaban J connectivity index is 2.06. The Bertz CT molecular complexity index is 953. The summed E-state index contributed by atoms with van der Waals surface area (Å²) in [7, 11) is -3.62. The van der Waals surface area contributed by atoms with Gasteiger partial charge in [0.2, 0.25) is 10.0 Å². The second-order valence-electron chi connectivity index (χ2n) is 6.42. The number of nitrogens with zero attached hydrogens (tertiary/aromatic N) is 1. The van der Waals surface area contributed by atoms with Gasteiger partial charge in [0.05, 0.1) is 10.5 Å². The van der Waals surface area contributed by atoms with E-state index < -0.39 is 21.8 Å². The van der Waals surface area contributed by atoms with Gasteiger partial charge in [-0.2, -0.15) is 4.31 Å². The van der Waals surface area contributed by atoms with Gasteiger partial charge in [-0.3, -0.25) is 20.4 Å². The van der Waals surface area contributed by atoms with Gasteiger partial charge in [-0.15, -0.1) is 0 Å². The van der Waals surface area contributed by atoms with Crippen molar-refractivity contribution < 1.29 is 18.0 Å². The van der Waals surface area contributed by atoms with E-state index in [4.69, 9.17) is 5.73 Å². The summed E-state index contributed by atoms with van der Waals surface area (Å²) in [5.41, 5.74) is 11.0. The zero-order valence-corrected chi connectivity index (χ0v) is 17.3. The molecule has 8 nitrogen and oxygen atoms in total. The van der Waals surface area contributed by atoms with E-state index in [0.717, 1.165) is 0 Å². The third-order valence-electron chi connectivity index (χ3n) is 4.20. The van der Waals surface area contributed by atoms with Gasteiger partial charge in [0.15, 0.2) is 0 Å². The molecule has 2 aromatic rings. The Hall–Kier alpha value is -2.91. The monoisotopic (exact) mass is 418 g/mol. The number of anilines is 1. The van der Waals surface area contributed by atoms with Gasteiger partial charge in [-0.1, -0.05) is 26.0 Å². The van der Waals surface area contributed by atoms with E-state index in [0.29, 0.717) is 25.9 Å². The van der Waals surface area contributed by atoms with E-state index in [-0.39, 0.29) is 21.7 Å². The fourth-order valence-corrected chi connectivity index (χ4v) is 4.36. The summed E-state index contributed by atoms with van der Waals surface area (Å²) in [6, 6.07) is 12.1. The van der Waals surface area contributed by atoms with Gasteiger partial charge < -0.3 is 5.73 Å². The van der Waals surface area contributed by atoms with Crippen LogP contribution in [0.5, 0.6) is 0 Å². The summed E-state index contributed by atoms with van der Waals surface area (Å²) in [5, 5.41) is 0. The maximum atomic E-state index is 12.8. The molecule has 9 heteroatoms. The second kappa shape index (κ2) is 10.0. The van der Waals surface area contributed by atoms with Crippen molar-refractivity contribution in [3.05, 3.63) is 59.7 Å². The Morgan fingerprint density at radius 1 is 0.897 bits per heavy atom. The first-order chi connectivity index (χ1) is 13.8. The minimum absolute atomic E-state index is 0.122. The number of benzene rings is 2. The molecule has 2 amide bonds. The molecule has 156 valence electrons. The normalized spacial score (nSPS) is 11.3. The van der Waals surface area contributed by atoms with Gasteiger partial charge in [-0.05, 0) is 49.2 Å². The Kier molecular flexibility index (Phi) is 7.74. The number of carbonyl (C=O) groups excluding carboxylic acids is 2. The number of carbonyl (C=O) groups is 2. The minimum atomic E-state index is -3.62. The molecule has 0 radical (unpaired) electrons. The molecule has 2 rings (SSSR count). The molecule has 0 aliphatic carbocycles. The number of amides is 2. The van der Waals surface area contributed by atoms with Crippen LogP contribution in [0.1, 0.15) is 47.4 Å². The van der Waals surface area contributed by atoms with Crippen molar-refractivity contribution in [2.75, 3.05) is 18.8 Å². The fraction of sp³-hybridized carbons (Fsp3) is 0.300. The second-order valence-corrected chi connectivity index (χ2v) is 8.36. The summed E-state index contributed by atoms with van der Waals surface area (Å²) in [4.78, 5) is 24.5. The molecule has 0 spiro atoms. The number of nitrogens with two attached hydrogens (primary N) is 1. The lowest BCUT2D eigenvalue weighted by molar-refractivity contribution is 0.0847. The largest absolute Gasteiger partial charge is 0.398 e. The number of hydrogen-bond donors (Lipinski definition) is 3. The van der Waals surface area contributed by atoms with Gasteiger partial charge >= 0.3 is 0 Å². The van der Waals surface area contributed by atoms with Crippen molar-refractivity contribution in [1.29, 1.82) is 0 Å². The van der Waals surface area contributed by atoms with Crippen molar-refractivity contribution in [3.63, 3.8) is 0 Å². The van der Waals surface area contributed by atoms with Gasteiger partial charge in [-0.25, -0.2) is 8.42 Å².